The monoisotopic (exact) mass is 278 g/mol. The van der Waals surface area contributed by atoms with Crippen LogP contribution in [0.3, 0.4) is 0 Å². The maximum Gasteiger partial charge on any atom is 0.357 e. The molecule has 98 valence electrons. The summed E-state index contributed by atoms with van der Waals surface area (Å²) in [7, 11) is 0. The summed E-state index contributed by atoms with van der Waals surface area (Å²) in [5, 5.41) is 12.6. The van der Waals surface area contributed by atoms with Crippen LogP contribution in [-0.2, 0) is 6.54 Å². The number of anilines is 1. The molecule has 2 N–H and O–H groups in total. The first-order valence-electron chi connectivity index (χ1n) is 5.53. The van der Waals surface area contributed by atoms with E-state index in [1.165, 1.54) is 16.8 Å². The highest BCUT2D eigenvalue weighted by Crippen LogP contribution is 2.32. The molecule has 0 unspecified atom stereocenters. The number of carbonyl (C=O) groups is 1. The van der Waals surface area contributed by atoms with Crippen molar-refractivity contribution in [2.75, 3.05) is 12.1 Å². The fourth-order valence-electron chi connectivity index (χ4n) is 1.76. The minimum absolute atomic E-state index is 0.0470. The molecule has 7 heteroatoms. The first-order chi connectivity index (χ1) is 9.24. The largest absolute Gasteiger partial charge is 0.476 e. The normalized spacial score (nSPS) is 12.4. The van der Waals surface area contributed by atoms with E-state index < -0.39 is 5.97 Å². The van der Waals surface area contributed by atoms with Gasteiger partial charge in [-0.3, -0.25) is 0 Å². The second-order valence-electron chi connectivity index (χ2n) is 3.88. The van der Waals surface area contributed by atoms with Crippen molar-refractivity contribution in [3.8, 4) is 11.5 Å². The zero-order valence-electron chi connectivity index (χ0n) is 9.75. The SMILES string of the molecule is O=C(O)c1ncsc1NCc1ccc2c(c1)OCO2. The van der Waals surface area contributed by atoms with Crippen LogP contribution in [0.5, 0.6) is 11.5 Å². The highest BCUT2D eigenvalue weighted by molar-refractivity contribution is 7.14. The molecule has 0 radical (unpaired) electrons. The zero-order valence-corrected chi connectivity index (χ0v) is 10.6. The number of aromatic carboxylic acids is 1. The van der Waals surface area contributed by atoms with Gasteiger partial charge in [-0.05, 0) is 17.7 Å². The first kappa shape index (κ1) is 11.8. The van der Waals surface area contributed by atoms with E-state index in [0.29, 0.717) is 17.3 Å². The minimum Gasteiger partial charge on any atom is -0.476 e. The molecule has 0 saturated heterocycles. The van der Waals surface area contributed by atoms with Crippen molar-refractivity contribution in [1.82, 2.24) is 4.98 Å². The van der Waals surface area contributed by atoms with Gasteiger partial charge in [0.1, 0.15) is 5.00 Å². The number of rotatable bonds is 4. The predicted octanol–water partition coefficient (Wildman–Crippen LogP) is 2.18. The van der Waals surface area contributed by atoms with Crippen molar-refractivity contribution >= 4 is 22.3 Å². The Morgan fingerprint density at radius 2 is 2.26 bits per heavy atom. The van der Waals surface area contributed by atoms with Crippen molar-refractivity contribution in [1.29, 1.82) is 0 Å². The van der Waals surface area contributed by atoms with E-state index in [-0.39, 0.29) is 12.5 Å². The van der Waals surface area contributed by atoms with Gasteiger partial charge in [0, 0.05) is 6.54 Å². The maximum atomic E-state index is 10.9. The van der Waals surface area contributed by atoms with Gasteiger partial charge in [0.15, 0.2) is 17.2 Å². The lowest BCUT2D eigenvalue weighted by atomic mass is 10.2. The second-order valence-corrected chi connectivity index (χ2v) is 4.73. The number of carboxylic acid groups (broad SMARTS) is 1. The van der Waals surface area contributed by atoms with Crippen molar-refractivity contribution in [2.24, 2.45) is 0 Å². The smallest absolute Gasteiger partial charge is 0.357 e. The number of nitrogens with one attached hydrogen (secondary N) is 1. The highest BCUT2D eigenvalue weighted by atomic mass is 32.1. The van der Waals surface area contributed by atoms with E-state index in [1.807, 2.05) is 18.2 Å². The van der Waals surface area contributed by atoms with E-state index in [2.05, 4.69) is 10.3 Å². The molecule has 0 fully saturated rings. The Hall–Kier alpha value is -2.28. The Morgan fingerprint density at radius 1 is 1.42 bits per heavy atom. The van der Waals surface area contributed by atoms with E-state index >= 15 is 0 Å². The third-order valence-electron chi connectivity index (χ3n) is 2.66. The van der Waals surface area contributed by atoms with Crippen LogP contribution in [0.2, 0.25) is 0 Å². The van der Waals surface area contributed by atoms with Crippen LogP contribution in [0.25, 0.3) is 0 Å². The van der Waals surface area contributed by atoms with Gasteiger partial charge in [0.25, 0.3) is 0 Å². The summed E-state index contributed by atoms with van der Waals surface area (Å²) >= 11 is 1.26. The van der Waals surface area contributed by atoms with Crippen LogP contribution in [0.4, 0.5) is 5.00 Å². The van der Waals surface area contributed by atoms with Crippen molar-refractivity contribution in [2.45, 2.75) is 6.54 Å². The van der Waals surface area contributed by atoms with Crippen molar-refractivity contribution < 1.29 is 19.4 Å². The van der Waals surface area contributed by atoms with E-state index in [4.69, 9.17) is 14.6 Å². The van der Waals surface area contributed by atoms with Gasteiger partial charge in [0.05, 0.1) is 5.51 Å². The Bertz CT molecular complexity index is 626. The van der Waals surface area contributed by atoms with Gasteiger partial charge < -0.3 is 19.9 Å². The minimum atomic E-state index is -1.03. The van der Waals surface area contributed by atoms with E-state index in [9.17, 15) is 4.79 Å². The van der Waals surface area contributed by atoms with Gasteiger partial charge >= 0.3 is 5.97 Å². The van der Waals surface area contributed by atoms with Crippen molar-refractivity contribution in [3.05, 3.63) is 35.0 Å². The standard InChI is InChI=1S/C12H10N2O4S/c15-12(16)10-11(19-5-14-10)13-4-7-1-2-8-9(3-7)18-6-17-8/h1-3,5,13H,4,6H2,(H,15,16). The molecule has 1 aliphatic rings. The van der Waals surface area contributed by atoms with Crippen LogP contribution in [0.1, 0.15) is 16.1 Å². The van der Waals surface area contributed by atoms with Gasteiger partial charge in [-0.15, -0.1) is 11.3 Å². The quantitative estimate of drug-likeness (QED) is 0.892. The lowest BCUT2D eigenvalue weighted by Gasteiger charge is -2.05. The molecule has 1 aromatic heterocycles. The summed E-state index contributed by atoms with van der Waals surface area (Å²) in [6.07, 6.45) is 0. The maximum absolute atomic E-state index is 10.9. The van der Waals surface area contributed by atoms with Crippen LogP contribution in [0.15, 0.2) is 23.7 Å². The predicted molar refractivity (Wildman–Crippen MR) is 69.0 cm³/mol. The topological polar surface area (TPSA) is 80.7 Å². The summed E-state index contributed by atoms with van der Waals surface area (Å²) in [6, 6.07) is 5.61. The van der Waals surface area contributed by atoms with Gasteiger partial charge in [-0.25, -0.2) is 9.78 Å². The molecule has 0 spiro atoms. The number of hydrogen-bond donors (Lipinski definition) is 2. The molecular formula is C12H10N2O4S. The molecule has 3 rings (SSSR count). The molecular weight excluding hydrogens is 268 g/mol. The molecule has 0 atom stereocenters. The number of fused-ring (bicyclic) bond motifs is 1. The number of ether oxygens (including phenoxy) is 2. The van der Waals surface area contributed by atoms with Crippen LogP contribution in [0, 0.1) is 0 Å². The fourth-order valence-corrected chi connectivity index (χ4v) is 2.43. The summed E-state index contributed by atoms with van der Waals surface area (Å²) in [5.74, 6) is 0.407. The number of nitrogens with zero attached hydrogens (tertiary/aromatic N) is 1. The van der Waals surface area contributed by atoms with Crippen LogP contribution in [-0.4, -0.2) is 22.9 Å². The number of aromatic nitrogens is 1. The average molecular weight is 278 g/mol. The van der Waals surface area contributed by atoms with E-state index in [1.54, 1.807) is 0 Å². The Kier molecular flexibility index (Phi) is 2.96. The molecule has 2 heterocycles. The third-order valence-corrected chi connectivity index (χ3v) is 3.44. The number of benzene rings is 1. The molecule has 1 aromatic carbocycles. The summed E-state index contributed by atoms with van der Waals surface area (Å²) in [4.78, 5) is 14.7. The zero-order chi connectivity index (χ0) is 13.2. The number of hydrogen-bond acceptors (Lipinski definition) is 6. The first-order valence-corrected chi connectivity index (χ1v) is 6.41. The van der Waals surface area contributed by atoms with Crippen molar-refractivity contribution in [3.63, 3.8) is 0 Å². The molecule has 0 amide bonds. The highest BCUT2D eigenvalue weighted by Gasteiger charge is 2.15. The molecule has 6 nitrogen and oxygen atoms in total. The number of carboxylic acids is 1. The molecule has 0 bridgehead atoms. The Labute approximate surface area is 112 Å². The van der Waals surface area contributed by atoms with Gasteiger partial charge in [-0.1, -0.05) is 6.07 Å². The third kappa shape index (κ3) is 2.32. The molecule has 0 aliphatic carbocycles. The Morgan fingerprint density at radius 3 is 3.11 bits per heavy atom. The fraction of sp³-hybridized carbons (Fsp3) is 0.167. The van der Waals surface area contributed by atoms with E-state index in [0.717, 1.165) is 11.3 Å². The Balaban J connectivity index is 1.72. The summed E-state index contributed by atoms with van der Waals surface area (Å²) < 4.78 is 10.5. The van der Waals surface area contributed by atoms with Gasteiger partial charge in [-0.2, -0.15) is 0 Å². The van der Waals surface area contributed by atoms with Crippen LogP contribution >= 0.6 is 11.3 Å². The molecule has 19 heavy (non-hydrogen) atoms. The molecule has 0 saturated carbocycles. The number of thiazole rings is 1. The summed E-state index contributed by atoms with van der Waals surface area (Å²) in [5.41, 5.74) is 2.53. The lowest BCUT2D eigenvalue weighted by molar-refractivity contribution is 0.0692. The van der Waals surface area contributed by atoms with Crippen LogP contribution < -0.4 is 14.8 Å². The average Bonchev–Trinajstić information content (AvgIpc) is 3.04. The molecule has 2 aromatic rings. The molecule has 1 aliphatic heterocycles. The lowest BCUT2D eigenvalue weighted by Crippen LogP contribution is -2.04. The summed E-state index contributed by atoms with van der Waals surface area (Å²) in [6.45, 7) is 0.739. The second kappa shape index (κ2) is 4.77. The van der Waals surface area contributed by atoms with Gasteiger partial charge in [0.2, 0.25) is 6.79 Å².